The number of amides is 1. The molecule has 6 nitrogen and oxygen atoms in total. The van der Waals surface area contributed by atoms with E-state index in [2.05, 4.69) is 5.32 Å². The van der Waals surface area contributed by atoms with E-state index < -0.39 is 0 Å². The lowest BCUT2D eigenvalue weighted by Crippen LogP contribution is -2.48. The molecule has 1 amide bonds. The number of hydrogen-bond acceptors (Lipinski definition) is 5. The Hall–Kier alpha value is -1.14. The zero-order valence-electron chi connectivity index (χ0n) is 12.7. The van der Waals surface area contributed by atoms with E-state index in [1.165, 1.54) is 0 Å². The summed E-state index contributed by atoms with van der Waals surface area (Å²) in [6, 6.07) is 0. The van der Waals surface area contributed by atoms with Crippen molar-refractivity contribution in [3.8, 4) is 0 Å². The molecule has 1 unspecified atom stereocenters. The van der Waals surface area contributed by atoms with E-state index in [1.807, 2.05) is 6.92 Å². The first-order chi connectivity index (χ1) is 9.59. The Morgan fingerprint density at radius 2 is 2.10 bits per heavy atom. The van der Waals surface area contributed by atoms with Gasteiger partial charge in [0, 0.05) is 20.2 Å². The quantitative estimate of drug-likeness (QED) is 0.655. The maximum atomic E-state index is 12.8. The maximum Gasteiger partial charge on any atom is 0.325 e. The predicted molar refractivity (Wildman–Crippen MR) is 75.3 cm³/mol. The van der Waals surface area contributed by atoms with Gasteiger partial charge in [-0.15, -0.1) is 0 Å². The van der Waals surface area contributed by atoms with Crippen LogP contribution in [-0.4, -0.2) is 63.3 Å². The third-order valence-corrected chi connectivity index (χ3v) is 3.85. The van der Waals surface area contributed by atoms with Crippen molar-refractivity contribution in [3.63, 3.8) is 0 Å². The molecule has 1 fully saturated rings. The van der Waals surface area contributed by atoms with Gasteiger partial charge >= 0.3 is 5.97 Å². The van der Waals surface area contributed by atoms with Gasteiger partial charge in [0.05, 0.1) is 18.6 Å². The Kier molecular flexibility index (Phi) is 6.95. The lowest BCUT2D eigenvalue weighted by Gasteiger charge is -2.32. The smallest absolute Gasteiger partial charge is 0.325 e. The second kappa shape index (κ2) is 8.21. The first-order valence-corrected chi connectivity index (χ1v) is 7.24. The van der Waals surface area contributed by atoms with Gasteiger partial charge in [-0.05, 0) is 26.3 Å². The molecule has 1 heterocycles. The maximum absolute atomic E-state index is 12.8. The van der Waals surface area contributed by atoms with E-state index in [1.54, 1.807) is 18.9 Å². The summed E-state index contributed by atoms with van der Waals surface area (Å²) in [4.78, 5) is 26.0. The van der Waals surface area contributed by atoms with E-state index in [0.29, 0.717) is 26.3 Å². The van der Waals surface area contributed by atoms with Crippen molar-refractivity contribution < 1.29 is 19.1 Å². The summed E-state index contributed by atoms with van der Waals surface area (Å²) in [5.41, 5.74) is -0.389. The number of ether oxygens (including phenoxy) is 2. The van der Waals surface area contributed by atoms with Crippen molar-refractivity contribution in [2.24, 2.45) is 5.41 Å². The third kappa shape index (κ3) is 4.18. The van der Waals surface area contributed by atoms with Crippen LogP contribution in [0, 0.1) is 5.41 Å². The van der Waals surface area contributed by atoms with Gasteiger partial charge in [-0.25, -0.2) is 0 Å². The Labute approximate surface area is 120 Å². The summed E-state index contributed by atoms with van der Waals surface area (Å²) < 4.78 is 9.97. The van der Waals surface area contributed by atoms with Crippen molar-refractivity contribution in [1.29, 1.82) is 0 Å². The Morgan fingerprint density at radius 3 is 2.60 bits per heavy atom. The topological polar surface area (TPSA) is 67.9 Å². The number of methoxy groups -OCH3 is 1. The highest BCUT2D eigenvalue weighted by Gasteiger charge is 2.42. The number of carbonyl (C=O) groups excluding carboxylic acids is 2. The number of hydrogen-bond donors (Lipinski definition) is 1. The lowest BCUT2D eigenvalue weighted by atomic mass is 9.82. The van der Waals surface area contributed by atoms with Crippen LogP contribution in [-0.2, 0) is 19.1 Å². The molecule has 0 aromatic rings. The minimum absolute atomic E-state index is 0.00220. The monoisotopic (exact) mass is 286 g/mol. The summed E-state index contributed by atoms with van der Waals surface area (Å²) in [6.07, 6.45) is 1.58. The molecule has 1 aliphatic rings. The lowest BCUT2D eigenvalue weighted by molar-refractivity contribution is -0.153. The average Bonchev–Trinajstić information content (AvgIpc) is 2.93. The molecule has 6 heteroatoms. The molecule has 1 atom stereocenters. The molecular weight excluding hydrogens is 260 g/mol. The van der Waals surface area contributed by atoms with Gasteiger partial charge in [0.25, 0.3) is 0 Å². The van der Waals surface area contributed by atoms with Crippen molar-refractivity contribution >= 4 is 11.9 Å². The molecule has 1 rings (SSSR count). The average molecular weight is 286 g/mol. The molecule has 20 heavy (non-hydrogen) atoms. The van der Waals surface area contributed by atoms with Crippen molar-refractivity contribution in [1.82, 2.24) is 10.2 Å². The number of nitrogens with one attached hydrogen (secondary N) is 1. The second-order valence-electron chi connectivity index (χ2n) is 5.09. The Bertz CT molecular complexity index is 327. The van der Waals surface area contributed by atoms with Gasteiger partial charge in [0.2, 0.25) is 5.91 Å². The van der Waals surface area contributed by atoms with Gasteiger partial charge in [-0.2, -0.15) is 0 Å². The summed E-state index contributed by atoms with van der Waals surface area (Å²) in [7, 11) is 1.58. The van der Waals surface area contributed by atoms with Crippen LogP contribution in [0.3, 0.4) is 0 Å². The van der Waals surface area contributed by atoms with Crippen LogP contribution in [0.1, 0.15) is 26.7 Å². The molecule has 0 saturated carbocycles. The largest absolute Gasteiger partial charge is 0.465 e. The molecule has 1 N–H and O–H groups in total. The zero-order valence-corrected chi connectivity index (χ0v) is 12.7. The number of esters is 1. The normalized spacial score (nSPS) is 21.8. The highest BCUT2D eigenvalue weighted by Crippen LogP contribution is 2.31. The van der Waals surface area contributed by atoms with Gasteiger partial charge in [-0.1, -0.05) is 6.92 Å². The van der Waals surface area contributed by atoms with Crippen LogP contribution < -0.4 is 5.32 Å². The van der Waals surface area contributed by atoms with Crippen LogP contribution in [0.5, 0.6) is 0 Å². The highest BCUT2D eigenvalue weighted by atomic mass is 16.5. The van der Waals surface area contributed by atoms with Crippen molar-refractivity contribution in [2.45, 2.75) is 26.7 Å². The van der Waals surface area contributed by atoms with Gasteiger partial charge < -0.3 is 19.7 Å². The first-order valence-electron chi connectivity index (χ1n) is 7.24. The Morgan fingerprint density at radius 1 is 1.35 bits per heavy atom. The number of nitrogens with zero attached hydrogens (tertiary/aromatic N) is 1. The highest BCUT2D eigenvalue weighted by molar-refractivity contribution is 5.87. The van der Waals surface area contributed by atoms with E-state index >= 15 is 0 Å². The molecule has 0 spiro atoms. The van der Waals surface area contributed by atoms with E-state index in [-0.39, 0.29) is 23.8 Å². The van der Waals surface area contributed by atoms with Gasteiger partial charge in [0.15, 0.2) is 0 Å². The summed E-state index contributed by atoms with van der Waals surface area (Å²) in [6.45, 7) is 6.45. The predicted octanol–water partition coefficient (Wildman–Crippen LogP) is 0.414. The fourth-order valence-corrected chi connectivity index (χ4v) is 2.53. The molecule has 0 aliphatic carbocycles. The van der Waals surface area contributed by atoms with Crippen LogP contribution in [0.2, 0.25) is 0 Å². The van der Waals surface area contributed by atoms with E-state index in [9.17, 15) is 9.59 Å². The van der Waals surface area contributed by atoms with E-state index in [0.717, 1.165) is 19.4 Å². The van der Waals surface area contributed by atoms with Crippen LogP contribution >= 0.6 is 0 Å². The Balaban J connectivity index is 2.74. The summed E-state index contributed by atoms with van der Waals surface area (Å²) >= 11 is 0. The fourth-order valence-electron chi connectivity index (χ4n) is 2.53. The molecule has 0 radical (unpaired) electrons. The molecule has 0 aromatic heterocycles. The molecular formula is C14H26N2O4. The van der Waals surface area contributed by atoms with Crippen LogP contribution in [0.4, 0.5) is 0 Å². The van der Waals surface area contributed by atoms with Crippen LogP contribution in [0.15, 0.2) is 0 Å². The number of rotatable bonds is 8. The van der Waals surface area contributed by atoms with Crippen molar-refractivity contribution in [2.75, 3.05) is 46.5 Å². The van der Waals surface area contributed by atoms with Gasteiger partial charge in [0.1, 0.15) is 6.54 Å². The van der Waals surface area contributed by atoms with Gasteiger partial charge in [-0.3, -0.25) is 9.59 Å². The third-order valence-electron chi connectivity index (χ3n) is 3.85. The molecule has 0 aromatic carbocycles. The molecule has 1 saturated heterocycles. The fraction of sp³-hybridized carbons (Fsp3) is 0.857. The minimum Gasteiger partial charge on any atom is -0.465 e. The zero-order chi connectivity index (χ0) is 15.0. The number of carbonyl (C=O) groups is 2. The molecule has 116 valence electrons. The minimum atomic E-state index is -0.389. The standard InChI is InChI=1S/C14H26N2O4/c1-4-14(6-7-15-11-14)13(18)16(8-9-19-3)10-12(17)20-5-2/h15H,4-11H2,1-3H3. The SMILES string of the molecule is CCOC(=O)CN(CCOC)C(=O)C1(CC)CCNC1. The second-order valence-corrected chi connectivity index (χ2v) is 5.09. The molecule has 1 aliphatic heterocycles. The molecule has 0 bridgehead atoms. The first kappa shape index (κ1) is 16.9. The summed E-state index contributed by atoms with van der Waals surface area (Å²) in [5, 5.41) is 3.24. The van der Waals surface area contributed by atoms with Crippen LogP contribution in [0.25, 0.3) is 0 Å². The van der Waals surface area contributed by atoms with Crippen molar-refractivity contribution in [3.05, 3.63) is 0 Å². The van der Waals surface area contributed by atoms with E-state index in [4.69, 9.17) is 9.47 Å². The summed E-state index contributed by atoms with van der Waals surface area (Å²) in [5.74, 6) is -0.343.